The third kappa shape index (κ3) is 5.09. The first-order valence-corrected chi connectivity index (χ1v) is 7.21. The van der Waals surface area contributed by atoms with Crippen molar-refractivity contribution in [2.24, 2.45) is 11.3 Å². The molecular formula is C14H26N2O3. The fourth-order valence-electron chi connectivity index (χ4n) is 2.26. The molecule has 0 radical (unpaired) electrons. The Bertz CT molecular complexity index is 312. The van der Waals surface area contributed by atoms with Crippen LogP contribution in [0.15, 0.2) is 0 Å². The molecule has 0 heterocycles. The molecule has 0 atom stereocenters. The lowest BCUT2D eigenvalue weighted by atomic mass is 9.69. The first-order chi connectivity index (χ1) is 8.96. The van der Waals surface area contributed by atoms with Crippen molar-refractivity contribution in [1.29, 1.82) is 0 Å². The Balaban J connectivity index is 2.09. The maximum Gasteiger partial charge on any atom is 0.314 e. The van der Waals surface area contributed by atoms with Gasteiger partial charge >= 0.3 is 12.0 Å². The van der Waals surface area contributed by atoms with Gasteiger partial charge < -0.3 is 15.7 Å². The van der Waals surface area contributed by atoms with E-state index in [0.29, 0.717) is 25.3 Å². The van der Waals surface area contributed by atoms with Crippen LogP contribution in [0.4, 0.5) is 4.79 Å². The summed E-state index contributed by atoms with van der Waals surface area (Å²) in [6, 6.07) is -0.253. The Morgan fingerprint density at radius 1 is 1.21 bits per heavy atom. The van der Waals surface area contributed by atoms with Crippen LogP contribution in [0, 0.1) is 11.3 Å². The number of amides is 2. The zero-order valence-electron chi connectivity index (χ0n) is 12.0. The Morgan fingerprint density at radius 2 is 1.89 bits per heavy atom. The molecule has 0 saturated heterocycles. The van der Waals surface area contributed by atoms with Crippen molar-refractivity contribution < 1.29 is 14.7 Å². The molecule has 1 aliphatic carbocycles. The smallest absolute Gasteiger partial charge is 0.314 e. The molecule has 0 aromatic carbocycles. The van der Waals surface area contributed by atoms with Crippen LogP contribution in [0.3, 0.4) is 0 Å². The van der Waals surface area contributed by atoms with E-state index in [9.17, 15) is 9.59 Å². The summed E-state index contributed by atoms with van der Waals surface area (Å²) < 4.78 is 0. The summed E-state index contributed by atoms with van der Waals surface area (Å²) in [5.41, 5.74) is -0.713. The second-order valence-corrected chi connectivity index (χ2v) is 5.94. The van der Waals surface area contributed by atoms with E-state index in [1.54, 1.807) is 0 Å². The normalized spacial score (nSPS) is 16.8. The van der Waals surface area contributed by atoms with Crippen LogP contribution in [0.25, 0.3) is 0 Å². The fraction of sp³-hybridized carbons (Fsp3) is 0.857. The third-order valence-corrected chi connectivity index (χ3v) is 3.85. The lowest BCUT2D eigenvalue weighted by Crippen LogP contribution is -2.49. The number of carboxylic acids is 1. The predicted molar refractivity (Wildman–Crippen MR) is 74.0 cm³/mol. The maximum absolute atomic E-state index is 11.5. The number of aliphatic carboxylic acids is 1. The molecule has 5 nitrogen and oxygen atoms in total. The molecule has 1 rings (SSSR count). The Hall–Kier alpha value is -1.26. The summed E-state index contributed by atoms with van der Waals surface area (Å²) in [6.45, 7) is 5.26. The zero-order valence-corrected chi connectivity index (χ0v) is 12.0. The van der Waals surface area contributed by atoms with Gasteiger partial charge in [-0.05, 0) is 25.2 Å². The van der Waals surface area contributed by atoms with Gasteiger partial charge in [-0.2, -0.15) is 0 Å². The minimum Gasteiger partial charge on any atom is -0.481 e. The molecule has 2 amide bonds. The molecule has 0 aliphatic heterocycles. The van der Waals surface area contributed by atoms with Crippen molar-refractivity contribution >= 4 is 12.0 Å². The van der Waals surface area contributed by atoms with Crippen molar-refractivity contribution in [3.05, 3.63) is 0 Å². The van der Waals surface area contributed by atoms with E-state index < -0.39 is 11.4 Å². The van der Waals surface area contributed by atoms with E-state index in [1.807, 2.05) is 0 Å². The SMILES string of the molecule is CC(C)CCCCNC(=O)NCC1(C(=O)O)CCC1. The number of carbonyl (C=O) groups excluding carboxylic acids is 1. The first kappa shape index (κ1) is 15.8. The van der Waals surface area contributed by atoms with E-state index in [1.165, 1.54) is 6.42 Å². The zero-order chi connectivity index (χ0) is 14.3. The number of carboxylic acid groups (broad SMARTS) is 1. The Labute approximate surface area is 115 Å². The number of urea groups is 1. The van der Waals surface area contributed by atoms with E-state index in [2.05, 4.69) is 24.5 Å². The molecule has 0 aromatic rings. The lowest BCUT2D eigenvalue weighted by molar-refractivity contribution is -0.153. The maximum atomic E-state index is 11.5. The predicted octanol–water partition coefficient (Wildman–Crippen LogP) is 2.37. The van der Waals surface area contributed by atoms with E-state index in [0.717, 1.165) is 19.3 Å². The van der Waals surface area contributed by atoms with Crippen LogP contribution in [0.5, 0.6) is 0 Å². The first-order valence-electron chi connectivity index (χ1n) is 7.21. The van der Waals surface area contributed by atoms with Gasteiger partial charge in [0.2, 0.25) is 0 Å². The number of rotatable bonds is 8. The van der Waals surface area contributed by atoms with Gasteiger partial charge in [-0.3, -0.25) is 4.79 Å². The summed E-state index contributed by atoms with van der Waals surface area (Å²) in [5.74, 6) is -0.0983. The monoisotopic (exact) mass is 270 g/mol. The molecule has 1 aliphatic rings. The van der Waals surface area contributed by atoms with E-state index in [4.69, 9.17) is 5.11 Å². The Morgan fingerprint density at radius 3 is 2.37 bits per heavy atom. The molecule has 0 unspecified atom stereocenters. The molecule has 5 heteroatoms. The van der Waals surface area contributed by atoms with Crippen LogP contribution < -0.4 is 10.6 Å². The molecule has 110 valence electrons. The van der Waals surface area contributed by atoms with Crippen molar-refractivity contribution in [2.75, 3.05) is 13.1 Å². The standard InChI is InChI=1S/C14H26N2O3/c1-11(2)6-3-4-9-15-13(19)16-10-14(12(17)18)7-5-8-14/h11H,3-10H2,1-2H3,(H,17,18)(H2,15,16,19). The van der Waals surface area contributed by atoms with Crippen LogP contribution >= 0.6 is 0 Å². The van der Waals surface area contributed by atoms with E-state index in [-0.39, 0.29) is 12.6 Å². The highest BCUT2D eigenvalue weighted by Crippen LogP contribution is 2.40. The van der Waals surface area contributed by atoms with Gasteiger partial charge in [0.25, 0.3) is 0 Å². The van der Waals surface area contributed by atoms with Crippen molar-refractivity contribution in [2.45, 2.75) is 52.4 Å². The molecular weight excluding hydrogens is 244 g/mol. The highest BCUT2D eigenvalue weighted by molar-refractivity contribution is 5.78. The lowest BCUT2D eigenvalue weighted by Gasteiger charge is -2.37. The quantitative estimate of drug-likeness (QED) is 0.592. The van der Waals surface area contributed by atoms with Crippen molar-refractivity contribution in [1.82, 2.24) is 10.6 Å². The van der Waals surface area contributed by atoms with Gasteiger partial charge in [0.1, 0.15) is 0 Å². The molecule has 19 heavy (non-hydrogen) atoms. The minimum atomic E-state index is -0.795. The third-order valence-electron chi connectivity index (χ3n) is 3.85. The van der Waals surface area contributed by atoms with Gasteiger partial charge in [0, 0.05) is 13.1 Å². The average molecular weight is 270 g/mol. The molecule has 3 N–H and O–H groups in total. The summed E-state index contributed by atoms with van der Waals surface area (Å²) in [7, 11) is 0. The second kappa shape index (κ2) is 7.36. The van der Waals surface area contributed by atoms with Crippen molar-refractivity contribution in [3.8, 4) is 0 Å². The number of nitrogens with one attached hydrogen (secondary N) is 2. The summed E-state index contributed by atoms with van der Waals surface area (Å²) in [6.07, 6.45) is 5.51. The summed E-state index contributed by atoms with van der Waals surface area (Å²) >= 11 is 0. The number of hydrogen-bond donors (Lipinski definition) is 3. The van der Waals surface area contributed by atoms with Crippen molar-refractivity contribution in [3.63, 3.8) is 0 Å². The topological polar surface area (TPSA) is 78.4 Å². The Kier molecular flexibility index (Phi) is 6.12. The number of hydrogen-bond acceptors (Lipinski definition) is 2. The van der Waals surface area contributed by atoms with E-state index >= 15 is 0 Å². The van der Waals surface area contributed by atoms with Crippen LogP contribution in [-0.2, 0) is 4.79 Å². The van der Waals surface area contributed by atoms with Gasteiger partial charge in [0.05, 0.1) is 5.41 Å². The number of unbranched alkanes of at least 4 members (excludes halogenated alkanes) is 1. The summed E-state index contributed by atoms with van der Waals surface area (Å²) in [5, 5.41) is 14.6. The largest absolute Gasteiger partial charge is 0.481 e. The fourth-order valence-corrected chi connectivity index (χ4v) is 2.26. The highest BCUT2D eigenvalue weighted by atomic mass is 16.4. The van der Waals surface area contributed by atoms with Gasteiger partial charge in [-0.1, -0.05) is 33.1 Å². The molecule has 0 spiro atoms. The van der Waals surface area contributed by atoms with Crippen LogP contribution in [0.1, 0.15) is 52.4 Å². The molecule has 1 saturated carbocycles. The van der Waals surface area contributed by atoms with Gasteiger partial charge in [0.15, 0.2) is 0 Å². The summed E-state index contributed by atoms with van der Waals surface area (Å²) in [4.78, 5) is 22.6. The molecule has 1 fully saturated rings. The highest BCUT2D eigenvalue weighted by Gasteiger charge is 2.44. The average Bonchev–Trinajstić information content (AvgIpc) is 2.26. The molecule has 0 aromatic heterocycles. The number of carbonyl (C=O) groups is 2. The van der Waals surface area contributed by atoms with Crippen LogP contribution in [0.2, 0.25) is 0 Å². The van der Waals surface area contributed by atoms with Gasteiger partial charge in [-0.25, -0.2) is 4.79 Å². The minimum absolute atomic E-state index is 0.236. The molecule has 0 bridgehead atoms. The van der Waals surface area contributed by atoms with Gasteiger partial charge in [-0.15, -0.1) is 0 Å². The van der Waals surface area contributed by atoms with Crippen LogP contribution in [-0.4, -0.2) is 30.2 Å². The second-order valence-electron chi connectivity index (χ2n) is 5.94.